The fraction of sp³-hybridized carbons (Fsp3) is 0.464. The van der Waals surface area contributed by atoms with Gasteiger partial charge in [0.15, 0.2) is 0 Å². The molecule has 2 aliphatic heterocycles. The summed E-state index contributed by atoms with van der Waals surface area (Å²) in [6.45, 7) is 0.532. The molecule has 2 aromatic rings. The van der Waals surface area contributed by atoms with E-state index in [2.05, 4.69) is 47.0 Å². The molecular formula is C28H35N5O3. The summed E-state index contributed by atoms with van der Waals surface area (Å²) >= 11 is 0. The molecule has 2 heterocycles. The number of para-hydroxylation sites is 1. The van der Waals surface area contributed by atoms with Crippen molar-refractivity contribution in [3.05, 3.63) is 65.7 Å². The summed E-state index contributed by atoms with van der Waals surface area (Å²) in [6, 6.07) is 18.4. The molecule has 190 valence electrons. The molecule has 0 spiro atoms. The van der Waals surface area contributed by atoms with E-state index in [0.29, 0.717) is 19.4 Å². The maximum atomic E-state index is 14.1. The van der Waals surface area contributed by atoms with Gasteiger partial charge in [-0.3, -0.25) is 14.4 Å². The Hall–Kier alpha value is -3.39. The smallest absolute Gasteiger partial charge is 0.234 e. The number of nitrogens with one attached hydrogen (secondary N) is 2. The van der Waals surface area contributed by atoms with Crippen LogP contribution in [-0.2, 0) is 14.4 Å². The van der Waals surface area contributed by atoms with Crippen LogP contribution in [0.5, 0.6) is 0 Å². The van der Waals surface area contributed by atoms with Gasteiger partial charge in [-0.05, 0) is 36.5 Å². The van der Waals surface area contributed by atoms with Gasteiger partial charge in [0.25, 0.3) is 0 Å². The first kappa shape index (κ1) is 24.3. The molecule has 0 radical (unpaired) electrons. The summed E-state index contributed by atoms with van der Waals surface area (Å²) in [6.07, 6.45) is 4.17. The lowest BCUT2D eigenvalue weighted by Crippen LogP contribution is -2.53. The molecule has 3 aliphatic rings. The van der Waals surface area contributed by atoms with Gasteiger partial charge in [-0.2, -0.15) is 0 Å². The van der Waals surface area contributed by atoms with E-state index in [1.54, 1.807) is 0 Å². The van der Waals surface area contributed by atoms with Crippen LogP contribution >= 0.6 is 0 Å². The van der Waals surface area contributed by atoms with Crippen LogP contribution in [0.2, 0.25) is 0 Å². The minimum atomic E-state index is -1.08. The molecule has 5 rings (SSSR count). The van der Waals surface area contributed by atoms with E-state index in [1.807, 2.05) is 23.1 Å². The molecule has 3 amide bonds. The van der Waals surface area contributed by atoms with Crippen molar-refractivity contribution in [3.8, 4) is 0 Å². The van der Waals surface area contributed by atoms with Crippen LogP contribution in [0.15, 0.2) is 54.6 Å². The maximum absolute atomic E-state index is 14.1. The monoisotopic (exact) mass is 489 g/mol. The molecule has 1 aliphatic carbocycles. The second kappa shape index (κ2) is 10.3. The maximum Gasteiger partial charge on any atom is 0.234 e. The first-order chi connectivity index (χ1) is 17.5. The highest BCUT2D eigenvalue weighted by atomic mass is 16.2. The third-order valence-electron chi connectivity index (χ3n) is 8.21. The van der Waals surface area contributed by atoms with Gasteiger partial charge in [-0.15, -0.1) is 0 Å². The normalized spacial score (nSPS) is 27.8. The third-order valence-corrected chi connectivity index (χ3v) is 8.21. The molecular weight excluding hydrogens is 454 g/mol. The molecule has 8 nitrogen and oxygen atoms in total. The van der Waals surface area contributed by atoms with Crippen molar-refractivity contribution in [2.24, 2.45) is 29.2 Å². The van der Waals surface area contributed by atoms with Crippen LogP contribution in [0.1, 0.15) is 55.3 Å². The van der Waals surface area contributed by atoms with Gasteiger partial charge in [0.05, 0.1) is 18.0 Å². The lowest BCUT2D eigenvalue weighted by Gasteiger charge is -2.42. The number of anilines is 1. The molecule has 36 heavy (non-hydrogen) atoms. The molecule has 2 fully saturated rings. The first-order valence-corrected chi connectivity index (χ1v) is 13.0. The number of nitrogens with two attached hydrogens (primary N) is 2. The lowest BCUT2D eigenvalue weighted by atomic mass is 9.79. The standard InChI is InChI=1S/C28H35N5O3/c29-16-21(26(30)34)27(35)32-23-13-7-5-11-19(23)28(36)33-15-14-20-24(17-8-2-1-3-9-17)31-22-12-6-4-10-18(22)25(20)33/h1-4,6,8-10,12,19-21,23-25,31H,5,7,11,13-16,29H2,(H2,30,34)(H,32,35)/t19-,20+,21?,23+,24-,25-/m0/s1. The zero-order valence-corrected chi connectivity index (χ0v) is 20.4. The number of likely N-dealkylation sites (tertiary alicyclic amines) is 1. The molecule has 1 unspecified atom stereocenters. The zero-order valence-electron chi connectivity index (χ0n) is 20.4. The van der Waals surface area contributed by atoms with E-state index in [4.69, 9.17) is 11.5 Å². The topological polar surface area (TPSA) is 131 Å². The molecule has 6 N–H and O–H groups in total. The Morgan fingerprint density at radius 3 is 2.47 bits per heavy atom. The van der Waals surface area contributed by atoms with Crippen LogP contribution in [0.25, 0.3) is 0 Å². The Labute approximate surface area is 211 Å². The molecule has 2 aromatic carbocycles. The van der Waals surface area contributed by atoms with Crippen molar-refractivity contribution in [2.75, 3.05) is 18.4 Å². The molecule has 0 bridgehead atoms. The quantitative estimate of drug-likeness (QED) is 0.463. The van der Waals surface area contributed by atoms with Gasteiger partial charge in [-0.1, -0.05) is 61.4 Å². The van der Waals surface area contributed by atoms with Crippen LogP contribution in [-0.4, -0.2) is 41.8 Å². The van der Waals surface area contributed by atoms with Crippen molar-refractivity contribution in [2.45, 2.75) is 50.2 Å². The molecule has 1 saturated carbocycles. The first-order valence-electron chi connectivity index (χ1n) is 13.0. The van der Waals surface area contributed by atoms with E-state index >= 15 is 0 Å². The van der Waals surface area contributed by atoms with Gasteiger partial charge in [-0.25, -0.2) is 0 Å². The highest BCUT2D eigenvalue weighted by molar-refractivity contribution is 6.00. The number of primary amides is 1. The Morgan fingerprint density at radius 1 is 1.00 bits per heavy atom. The Kier molecular flexibility index (Phi) is 6.96. The average Bonchev–Trinajstić information content (AvgIpc) is 3.34. The summed E-state index contributed by atoms with van der Waals surface area (Å²) in [4.78, 5) is 40.6. The third kappa shape index (κ3) is 4.46. The summed E-state index contributed by atoms with van der Waals surface area (Å²) < 4.78 is 0. The fourth-order valence-corrected chi connectivity index (χ4v) is 6.41. The number of carbonyl (C=O) groups is 3. The van der Waals surface area contributed by atoms with Gasteiger partial charge >= 0.3 is 0 Å². The van der Waals surface area contributed by atoms with Gasteiger partial charge in [0.2, 0.25) is 17.7 Å². The predicted octanol–water partition coefficient (Wildman–Crippen LogP) is 2.48. The van der Waals surface area contributed by atoms with Crippen molar-refractivity contribution >= 4 is 23.4 Å². The summed E-state index contributed by atoms with van der Waals surface area (Å²) in [5.74, 6) is -2.30. The minimum Gasteiger partial charge on any atom is -0.378 e. The Balaban J connectivity index is 1.42. The SMILES string of the molecule is NCC(C(N)=O)C(=O)N[C@@H]1CCCC[C@@H]1C(=O)N1CC[C@@H]2[C@H](c3ccccc3)Nc3ccccc3[C@@H]21. The lowest BCUT2D eigenvalue weighted by molar-refractivity contribution is -0.140. The summed E-state index contributed by atoms with van der Waals surface area (Å²) in [7, 11) is 0. The van der Waals surface area contributed by atoms with E-state index in [1.165, 1.54) is 5.56 Å². The largest absolute Gasteiger partial charge is 0.378 e. The summed E-state index contributed by atoms with van der Waals surface area (Å²) in [5.41, 5.74) is 14.4. The van der Waals surface area contributed by atoms with Crippen molar-refractivity contribution < 1.29 is 14.4 Å². The fourth-order valence-electron chi connectivity index (χ4n) is 6.41. The highest BCUT2D eigenvalue weighted by Gasteiger charge is 2.48. The predicted molar refractivity (Wildman–Crippen MR) is 137 cm³/mol. The van der Waals surface area contributed by atoms with Crippen molar-refractivity contribution in [3.63, 3.8) is 0 Å². The minimum absolute atomic E-state index is 0.0270. The molecule has 6 atom stereocenters. The molecule has 8 heteroatoms. The van der Waals surface area contributed by atoms with Gasteiger partial charge < -0.3 is 27.0 Å². The number of rotatable bonds is 6. The Morgan fingerprint density at radius 2 is 1.72 bits per heavy atom. The number of amides is 3. The molecule has 0 aromatic heterocycles. The van der Waals surface area contributed by atoms with Gasteiger partial charge in [0, 0.05) is 30.7 Å². The second-order valence-corrected chi connectivity index (χ2v) is 10.2. The number of carbonyl (C=O) groups excluding carboxylic acids is 3. The zero-order chi connectivity index (χ0) is 25.2. The van der Waals surface area contributed by atoms with Crippen molar-refractivity contribution in [1.82, 2.24) is 10.2 Å². The number of nitrogens with zero attached hydrogens (tertiary/aromatic N) is 1. The highest BCUT2D eigenvalue weighted by Crippen LogP contribution is 2.51. The van der Waals surface area contributed by atoms with E-state index in [9.17, 15) is 14.4 Å². The van der Waals surface area contributed by atoms with Crippen LogP contribution in [0, 0.1) is 17.8 Å². The number of hydrogen-bond donors (Lipinski definition) is 4. The van der Waals surface area contributed by atoms with E-state index in [-0.39, 0.29) is 42.4 Å². The van der Waals surface area contributed by atoms with Crippen LogP contribution in [0.4, 0.5) is 5.69 Å². The van der Waals surface area contributed by atoms with Gasteiger partial charge in [0.1, 0.15) is 5.92 Å². The second-order valence-electron chi connectivity index (χ2n) is 10.2. The number of benzene rings is 2. The molecule has 1 saturated heterocycles. The average molecular weight is 490 g/mol. The van der Waals surface area contributed by atoms with Crippen LogP contribution < -0.4 is 22.1 Å². The van der Waals surface area contributed by atoms with E-state index in [0.717, 1.165) is 30.5 Å². The van der Waals surface area contributed by atoms with Crippen LogP contribution in [0.3, 0.4) is 0 Å². The number of fused-ring (bicyclic) bond motifs is 3. The van der Waals surface area contributed by atoms with E-state index < -0.39 is 17.7 Å². The summed E-state index contributed by atoms with van der Waals surface area (Å²) in [5, 5.41) is 6.69. The van der Waals surface area contributed by atoms with Crippen molar-refractivity contribution in [1.29, 1.82) is 0 Å². The Bertz CT molecular complexity index is 1120. The number of hydrogen-bond acceptors (Lipinski definition) is 5.